The summed E-state index contributed by atoms with van der Waals surface area (Å²) >= 11 is 3.95. The second kappa shape index (κ2) is 5.35. The van der Waals surface area contributed by atoms with E-state index in [2.05, 4.69) is 21.7 Å². The van der Waals surface area contributed by atoms with Crippen LogP contribution in [0.25, 0.3) is 0 Å². The predicted molar refractivity (Wildman–Crippen MR) is 57.6 cm³/mol. The van der Waals surface area contributed by atoms with Crippen molar-refractivity contribution in [1.29, 1.82) is 0 Å². The molecule has 1 amide bonds. The van der Waals surface area contributed by atoms with Crippen LogP contribution in [0, 0.1) is 0 Å². The van der Waals surface area contributed by atoms with E-state index in [0.29, 0.717) is 0 Å². The molecule has 0 aliphatic rings. The number of nitrogens with one attached hydrogen (secondary N) is 1. The molecule has 14 heavy (non-hydrogen) atoms. The van der Waals surface area contributed by atoms with Crippen molar-refractivity contribution in [2.24, 2.45) is 0 Å². The van der Waals surface area contributed by atoms with Crippen molar-refractivity contribution in [3.8, 4) is 0 Å². The quantitative estimate of drug-likeness (QED) is 0.507. The number of carbonyl (C=O) groups excluding carboxylic acids is 1. The van der Waals surface area contributed by atoms with Crippen molar-refractivity contribution in [2.45, 2.75) is 24.6 Å². The van der Waals surface area contributed by atoms with Crippen LogP contribution in [0.1, 0.15) is 13.8 Å². The number of methoxy groups -OCH3 is 1. The van der Waals surface area contributed by atoms with Crippen LogP contribution < -0.4 is 5.32 Å². The number of rotatable bonds is 4. The summed E-state index contributed by atoms with van der Waals surface area (Å²) in [5.41, 5.74) is 0. The van der Waals surface area contributed by atoms with Crippen molar-refractivity contribution in [3.63, 3.8) is 0 Å². The largest absolute Gasteiger partial charge is 0.480 e. The maximum atomic E-state index is 10.9. The number of ether oxygens (including phenoxy) is 1. The van der Waals surface area contributed by atoms with E-state index in [1.54, 1.807) is 13.8 Å². The Labute approximate surface area is 91.4 Å². The lowest BCUT2D eigenvalue weighted by atomic mass is 10.0. The summed E-state index contributed by atoms with van der Waals surface area (Å²) in [5.74, 6) is -1.12. The molecule has 0 saturated heterocycles. The molecule has 82 valence electrons. The van der Waals surface area contributed by atoms with Crippen molar-refractivity contribution in [2.75, 3.05) is 7.11 Å². The zero-order chi connectivity index (χ0) is 11.4. The normalized spacial score (nSPS) is 13.1. The van der Waals surface area contributed by atoms with E-state index >= 15 is 0 Å². The number of hydrogen-bond donors (Lipinski definition) is 3. The van der Waals surface area contributed by atoms with Gasteiger partial charge in [-0.3, -0.25) is 0 Å². The average Bonchev–Trinajstić information content (AvgIpc) is 2.12. The number of carbonyl (C=O) groups is 2. The maximum absolute atomic E-state index is 10.9. The second-order valence-corrected chi connectivity index (χ2v) is 4.88. The molecule has 0 aliphatic carbocycles. The predicted octanol–water partition coefficient (Wildman–Crippen LogP) is 1.15. The van der Waals surface area contributed by atoms with Crippen LogP contribution in [-0.4, -0.2) is 35.1 Å². The first-order valence-corrected chi connectivity index (χ1v) is 5.62. The molecule has 5 nitrogen and oxygen atoms in total. The molecule has 0 fully saturated rings. The van der Waals surface area contributed by atoms with E-state index in [-0.39, 0.29) is 0 Å². The van der Waals surface area contributed by atoms with Gasteiger partial charge in [0.2, 0.25) is 0 Å². The molecule has 0 rings (SSSR count). The summed E-state index contributed by atoms with van der Waals surface area (Å²) in [6.45, 7) is 3.33. The standard InChI is InChI=1S/C7H13NO4S2/c1-7(2,14-13)4(5(9)10)8-6(11)12-3/h4,13H,1-3H3,(H,8,11)(H,9,10). The zero-order valence-corrected chi connectivity index (χ0v) is 9.82. The van der Waals surface area contributed by atoms with Gasteiger partial charge in [0.05, 0.1) is 11.9 Å². The molecule has 0 spiro atoms. The fourth-order valence-electron chi connectivity index (χ4n) is 0.762. The van der Waals surface area contributed by atoms with Gasteiger partial charge in [0.15, 0.2) is 0 Å². The zero-order valence-electron chi connectivity index (χ0n) is 8.10. The minimum Gasteiger partial charge on any atom is -0.480 e. The van der Waals surface area contributed by atoms with Crippen molar-refractivity contribution in [3.05, 3.63) is 0 Å². The maximum Gasteiger partial charge on any atom is 0.407 e. The lowest BCUT2D eigenvalue weighted by Crippen LogP contribution is -2.52. The molecule has 0 aromatic rings. The lowest BCUT2D eigenvalue weighted by Gasteiger charge is -2.28. The Morgan fingerprint density at radius 3 is 2.36 bits per heavy atom. The van der Waals surface area contributed by atoms with Crippen LogP contribution in [-0.2, 0) is 9.53 Å². The third-order valence-corrected chi connectivity index (χ3v) is 3.74. The highest BCUT2D eigenvalue weighted by molar-refractivity contribution is 8.69. The minimum absolute atomic E-state index is 0.719. The fraction of sp³-hybridized carbons (Fsp3) is 0.714. The van der Waals surface area contributed by atoms with Crippen LogP contribution in [0.4, 0.5) is 4.79 Å². The smallest absolute Gasteiger partial charge is 0.407 e. The average molecular weight is 239 g/mol. The van der Waals surface area contributed by atoms with Crippen LogP contribution in [0.5, 0.6) is 0 Å². The third-order valence-electron chi connectivity index (χ3n) is 1.63. The number of aliphatic carboxylic acids is 1. The van der Waals surface area contributed by atoms with E-state index in [1.165, 1.54) is 7.11 Å². The molecule has 1 atom stereocenters. The van der Waals surface area contributed by atoms with E-state index < -0.39 is 22.9 Å². The molecule has 1 unspecified atom stereocenters. The van der Waals surface area contributed by atoms with Crippen LogP contribution in [0.15, 0.2) is 0 Å². The van der Waals surface area contributed by atoms with Gasteiger partial charge in [-0.05, 0) is 13.8 Å². The van der Waals surface area contributed by atoms with Crippen molar-refractivity contribution < 1.29 is 19.4 Å². The topological polar surface area (TPSA) is 75.6 Å². The van der Waals surface area contributed by atoms with Gasteiger partial charge in [0.25, 0.3) is 0 Å². The highest BCUT2D eigenvalue weighted by atomic mass is 33.1. The lowest BCUT2D eigenvalue weighted by molar-refractivity contribution is -0.139. The van der Waals surface area contributed by atoms with Crippen LogP contribution in [0.3, 0.4) is 0 Å². The molecule has 2 N–H and O–H groups in total. The first kappa shape index (κ1) is 13.4. The monoisotopic (exact) mass is 239 g/mol. The Morgan fingerprint density at radius 1 is 1.57 bits per heavy atom. The molecule has 0 saturated carbocycles. The minimum atomic E-state index is -1.12. The van der Waals surface area contributed by atoms with Crippen molar-refractivity contribution >= 4 is 34.5 Å². The van der Waals surface area contributed by atoms with Gasteiger partial charge in [-0.15, -0.1) is 11.7 Å². The summed E-state index contributed by atoms with van der Waals surface area (Å²) in [4.78, 5) is 21.7. The highest BCUT2D eigenvalue weighted by Gasteiger charge is 2.36. The van der Waals surface area contributed by atoms with Gasteiger partial charge in [-0.25, -0.2) is 9.59 Å². The van der Waals surface area contributed by atoms with E-state index in [9.17, 15) is 9.59 Å². The number of thiol groups is 1. The van der Waals surface area contributed by atoms with Crippen LogP contribution >= 0.6 is 22.5 Å². The molecule has 0 heterocycles. The van der Waals surface area contributed by atoms with Gasteiger partial charge in [0, 0.05) is 0 Å². The van der Waals surface area contributed by atoms with Gasteiger partial charge in [0.1, 0.15) is 6.04 Å². The van der Waals surface area contributed by atoms with E-state index in [0.717, 1.165) is 10.8 Å². The molecule has 7 heteroatoms. The number of carboxylic acids is 1. The summed E-state index contributed by atoms with van der Waals surface area (Å²) in [6.07, 6.45) is -0.771. The molecule has 0 aromatic heterocycles. The van der Waals surface area contributed by atoms with Gasteiger partial charge in [-0.1, -0.05) is 10.8 Å². The Hall–Kier alpha value is -0.560. The highest BCUT2D eigenvalue weighted by Crippen LogP contribution is 2.31. The summed E-state index contributed by atoms with van der Waals surface area (Å²) in [5, 5.41) is 11.1. The van der Waals surface area contributed by atoms with E-state index in [1.807, 2.05) is 0 Å². The first-order chi connectivity index (χ1) is 6.35. The number of alkyl carbamates (subject to hydrolysis) is 1. The van der Waals surface area contributed by atoms with Crippen LogP contribution in [0.2, 0.25) is 0 Å². The van der Waals surface area contributed by atoms with Gasteiger partial charge >= 0.3 is 12.1 Å². The number of amides is 1. The Balaban J connectivity index is 4.61. The van der Waals surface area contributed by atoms with E-state index in [4.69, 9.17) is 5.11 Å². The summed E-state index contributed by atoms with van der Waals surface area (Å²) < 4.78 is 3.60. The van der Waals surface area contributed by atoms with Gasteiger partial charge < -0.3 is 15.2 Å². The Morgan fingerprint density at radius 2 is 2.07 bits per heavy atom. The fourth-order valence-corrected chi connectivity index (χ4v) is 1.34. The Bertz CT molecular complexity index is 232. The number of carboxylic acid groups (broad SMARTS) is 1. The summed E-state index contributed by atoms with van der Waals surface area (Å²) in [7, 11) is 2.24. The number of hydrogen-bond acceptors (Lipinski definition) is 5. The molecule has 0 radical (unpaired) electrons. The third kappa shape index (κ3) is 3.67. The molecule has 0 bridgehead atoms. The SMILES string of the molecule is COC(=O)NC(C(=O)O)C(C)(C)SS. The van der Waals surface area contributed by atoms with Gasteiger partial charge in [-0.2, -0.15) is 0 Å². The molecular formula is C7H13NO4S2. The Kier molecular flexibility index (Phi) is 5.14. The summed E-state index contributed by atoms with van der Waals surface area (Å²) in [6, 6.07) is -1.04. The molecule has 0 aromatic carbocycles. The molecular weight excluding hydrogens is 226 g/mol. The first-order valence-electron chi connectivity index (χ1n) is 3.75. The molecule has 0 aliphatic heterocycles. The van der Waals surface area contributed by atoms with Crippen molar-refractivity contribution in [1.82, 2.24) is 5.32 Å². The second-order valence-electron chi connectivity index (χ2n) is 3.10.